The van der Waals surface area contributed by atoms with Crippen molar-refractivity contribution in [2.45, 2.75) is 23.9 Å². The van der Waals surface area contributed by atoms with E-state index in [-0.39, 0.29) is 29.6 Å². The van der Waals surface area contributed by atoms with E-state index in [1.54, 1.807) is 18.2 Å². The first-order valence-corrected chi connectivity index (χ1v) is 10.2. The minimum absolute atomic E-state index is 0.0702. The molecule has 0 aromatic heterocycles. The largest absolute Gasteiger partial charge is 0.379 e. The van der Waals surface area contributed by atoms with Gasteiger partial charge in [0.2, 0.25) is 5.91 Å². The molecule has 1 fully saturated rings. The lowest BCUT2D eigenvalue weighted by Crippen LogP contribution is -2.48. The molecule has 2 aromatic rings. The molecule has 3 rings (SSSR count). The molecule has 4 nitrogen and oxygen atoms in total. The number of morpholine rings is 1. The number of hydrogen-bond acceptors (Lipinski definition) is 4. The normalized spacial score (nSPS) is 17.3. The van der Waals surface area contributed by atoms with E-state index in [0.29, 0.717) is 18.1 Å². The molecule has 144 valence electrons. The zero-order valence-corrected chi connectivity index (χ0v) is 16.3. The Morgan fingerprint density at radius 1 is 1.15 bits per heavy atom. The van der Waals surface area contributed by atoms with Crippen molar-refractivity contribution in [2.24, 2.45) is 0 Å². The molecule has 2 atom stereocenters. The Bertz CT molecular complexity index is 738. The summed E-state index contributed by atoms with van der Waals surface area (Å²) in [4.78, 5) is 15.3. The second kappa shape index (κ2) is 9.88. The molecule has 0 radical (unpaired) electrons. The Kier molecular flexibility index (Phi) is 7.26. The molecule has 1 heterocycles. The third-order valence-electron chi connectivity index (χ3n) is 4.64. The number of rotatable bonds is 7. The van der Waals surface area contributed by atoms with Crippen LogP contribution in [0.2, 0.25) is 0 Å². The first kappa shape index (κ1) is 19.9. The standard InChI is InChI=1S/C21H25FN2O2S/c1-16(23-20(25)15-27-19-10-6-5-9-18(19)22)21(17-7-3-2-4-8-17)24-11-13-26-14-12-24/h2-10,16,21H,11-15H2,1H3,(H,23,25)/t16-,21-/m0/s1. The average Bonchev–Trinajstić information content (AvgIpc) is 2.69. The van der Waals surface area contributed by atoms with Gasteiger partial charge in [0.1, 0.15) is 5.82 Å². The van der Waals surface area contributed by atoms with Crippen LogP contribution >= 0.6 is 11.8 Å². The maximum Gasteiger partial charge on any atom is 0.230 e. The van der Waals surface area contributed by atoms with Crippen LogP contribution in [0.15, 0.2) is 59.5 Å². The van der Waals surface area contributed by atoms with Crippen LogP contribution in [0.1, 0.15) is 18.5 Å². The molecule has 0 aliphatic carbocycles. The van der Waals surface area contributed by atoms with Crippen LogP contribution in [-0.2, 0) is 9.53 Å². The Morgan fingerprint density at radius 2 is 1.81 bits per heavy atom. The number of amides is 1. The number of nitrogens with zero attached hydrogens (tertiary/aromatic N) is 1. The fraction of sp³-hybridized carbons (Fsp3) is 0.381. The number of carbonyl (C=O) groups is 1. The maximum atomic E-state index is 13.7. The van der Waals surface area contributed by atoms with E-state index in [1.807, 2.05) is 25.1 Å². The number of benzene rings is 2. The number of hydrogen-bond donors (Lipinski definition) is 1. The third-order valence-corrected chi connectivity index (χ3v) is 5.69. The summed E-state index contributed by atoms with van der Waals surface area (Å²) in [6.45, 7) is 5.10. The summed E-state index contributed by atoms with van der Waals surface area (Å²) in [6.07, 6.45) is 0. The van der Waals surface area contributed by atoms with Gasteiger partial charge in [-0.25, -0.2) is 4.39 Å². The molecule has 1 aliphatic heterocycles. The van der Waals surface area contributed by atoms with Crippen molar-refractivity contribution in [3.63, 3.8) is 0 Å². The first-order valence-electron chi connectivity index (χ1n) is 9.18. The molecule has 0 spiro atoms. The van der Waals surface area contributed by atoms with Gasteiger partial charge in [0.25, 0.3) is 0 Å². The average molecular weight is 389 g/mol. The fourth-order valence-corrected chi connectivity index (χ4v) is 4.15. The van der Waals surface area contributed by atoms with Gasteiger partial charge in [0.05, 0.1) is 25.0 Å². The lowest BCUT2D eigenvalue weighted by molar-refractivity contribution is -0.119. The van der Waals surface area contributed by atoms with E-state index in [9.17, 15) is 9.18 Å². The zero-order valence-electron chi connectivity index (χ0n) is 15.4. The molecule has 0 bridgehead atoms. The smallest absolute Gasteiger partial charge is 0.230 e. The second-order valence-electron chi connectivity index (χ2n) is 6.58. The van der Waals surface area contributed by atoms with E-state index in [4.69, 9.17) is 4.74 Å². The van der Waals surface area contributed by atoms with E-state index < -0.39 is 0 Å². The predicted octanol–water partition coefficient (Wildman–Crippen LogP) is 3.50. The molecule has 1 saturated heterocycles. The van der Waals surface area contributed by atoms with Crippen LogP contribution in [0.5, 0.6) is 0 Å². The molecule has 0 saturated carbocycles. The second-order valence-corrected chi connectivity index (χ2v) is 7.60. The van der Waals surface area contributed by atoms with Crippen LogP contribution in [0.4, 0.5) is 4.39 Å². The number of ether oxygens (including phenoxy) is 1. The quantitative estimate of drug-likeness (QED) is 0.737. The Morgan fingerprint density at radius 3 is 2.52 bits per heavy atom. The number of nitrogens with one attached hydrogen (secondary N) is 1. The van der Waals surface area contributed by atoms with Crippen molar-refractivity contribution in [3.05, 3.63) is 66.0 Å². The van der Waals surface area contributed by atoms with Gasteiger partial charge in [-0.1, -0.05) is 42.5 Å². The minimum atomic E-state index is -0.293. The van der Waals surface area contributed by atoms with Gasteiger partial charge >= 0.3 is 0 Å². The minimum Gasteiger partial charge on any atom is -0.379 e. The van der Waals surface area contributed by atoms with E-state index in [2.05, 4.69) is 22.3 Å². The van der Waals surface area contributed by atoms with Crippen molar-refractivity contribution in [1.29, 1.82) is 0 Å². The molecule has 1 aliphatic rings. The SMILES string of the molecule is C[C@H](NC(=O)CSc1ccccc1F)[C@@H](c1ccccc1)N1CCOCC1. The van der Waals surface area contributed by atoms with Crippen LogP contribution in [0.3, 0.4) is 0 Å². The molecular weight excluding hydrogens is 363 g/mol. The summed E-state index contributed by atoms with van der Waals surface area (Å²) >= 11 is 1.22. The summed E-state index contributed by atoms with van der Waals surface area (Å²) in [5.74, 6) is -0.195. The van der Waals surface area contributed by atoms with Crippen molar-refractivity contribution in [2.75, 3.05) is 32.1 Å². The maximum absolute atomic E-state index is 13.7. The number of thioether (sulfide) groups is 1. The number of carbonyl (C=O) groups excluding carboxylic acids is 1. The zero-order chi connectivity index (χ0) is 19.1. The van der Waals surface area contributed by atoms with Gasteiger partial charge in [-0.05, 0) is 24.6 Å². The van der Waals surface area contributed by atoms with Gasteiger partial charge in [-0.3, -0.25) is 9.69 Å². The Balaban J connectivity index is 1.64. The van der Waals surface area contributed by atoms with Crippen molar-refractivity contribution < 1.29 is 13.9 Å². The fourth-order valence-electron chi connectivity index (χ4n) is 3.40. The lowest BCUT2D eigenvalue weighted by atomic mass is 9.98. The van der Waals surface area contributed by atoms with Crippen molar-refractivity contribution in [1.82, 2.24) is 10.2 Å². The highest BCUT2D eigenvalue weighted by Crippen LogP contribution is 2.26. The summed E-state index contributed by atoms with van der Waals surface area (Å²) < 4.78 is 19.2. The predicted molar refractivity (Wildman–Crippen MR) is 106 cm³/mol. The van der Waals surface area contributed by atoms with Gasteiger partial charge in [0, 0.05) is 24.0 Å². The Hall–Kier alpha value is -1.89. The van der Waals surface area contributed by atoms with E-state index in [0.717, 1.165) is 13.1 Å². The van der Waals surface area contributed by atoms with Crippen LogP contribution < -0.4 is 5.32 Å². The highest BCUT2D eigenvalue weighted by molar-refractivity contribution is 8.00. The van der Waals surface area contributed by atoms with Gasteiger partial charge in [-0.15, -0.1) is 11.8 Å². The summed E-state index contributed by atoms with van der Waals surface area (Å²) in [7, 11) is 0. The molecular formula is C21H25FN2O2S. The Labute approximate surface area is 164 Å². The summed E-state index contributed by atoms with van der Waals surface area (Å²) in [5, 5.41) is 3.10. The van der Waals surface area contributed by atoms with Crippen LogP contribution in [0.25, 0.3) is 0 Å². The van der Waals surface area contributed by atoms with Crippen molar-refractivity contribution >= 4 is 17.7 Å². The summed E-state index contributed by atoms with van der Waals surface area (Å²) in [5.41, 5.74) is 1.17. The van der Waals surface area contributed by atoms with E-state index in [1.165, 1.54) is 23.4 Å². The molecule has 1 amide bonds. The van der Waals surface area contributed by atoms with E-state index >= 15 is 0 Å². The lowest BCUT2D eigenvalue weighted by Gasteiger charge is -2.38. The third kappa shape index (κ3) is 5.54. The highest BCUT2D eigenvalue weighted by Gasteiger charge is 2.28. The van der Waals surface area contributed by atoms with Crippen LogP contribution in [-0.4, -0.2) is 48.9 Å². The monoisotopic (exact) mass is 388 g/mol. The molecule has 27 heavy (non-hydrogen) atoms. The molecule has 2 aromatic carbocycles. The molecule has 6 heteroatoms. The highest BCUT2D eigenvalue weighted by atomic mass is 32.2. The van der Waals surface area contributed by atoms with Gasteiger partial charge in [-0.2, -0.15) is 0 Å². The van der Waals surface area contributed by atoms with Gasteiger partial charge < -0.3 is 10.1 Å². The summed E-state index contributed by atoms with van der Waals surface area (Å²) in [6, 6.07) is 16.8. The van der Waals surface area contributed by atoms with Gasteiger partial charge in [0.15, 0.2) is 0 Å². The molecule has 0 unspecified atom stereocenters. The van der Waals surface area contributed by atoms with Crippen LogP contribution in [0, 0.1) is 5.82 Å². The topological polar surface area (TPSA) is 41.6 Å². The number of halogens is 1. The molecule has 1 N–H and O–H groups in total. The van der Waals surface area contributed by atoms with Crippen molar-refractivity contribution in [3.8, 4) is 0 Å². The first-order chi connectivity index (χ1) is 13.1.